The number of pyridine rings is 1. The lowest BCUT2D eigenvalue weighted by Crippen LogP contribution is -2.41. The molecule has 1 aromatic rings. The van der Waals surface area contributed by atoms with Crippen molar-refractivity contribution in [3.8, 4) is 5.88 Å². The number of nitrogens with one attached hydrogen (secondary N) is 1. The number of aliphatic imine (C=N–C) groups is 1. The van der Waals surface area contributed by atoms with Gasteiger partial charge < -0.3 is 19.7 Å². The zero-order chi connectivity index (χ0) is 15.4. The van der Waals surface area contributed by atoms with Crippen LogP contribution in [0.3, 0.4) is 0 Å². The lowest BCUT2D eigenvalue weighted by Gasteiger charge is -2.25. The fraction of sp³-hybridized carbons (Fsp3) is 0.625. The van der Waals surface area contributed by atoms with Crippen LogP contribution in [-0.4, -0.2) is 56.3 Å². The van der Waals surface area contributed by atoms with Gasteiger partial charge in [0.1, 0.15) is 0 Å². The Balaban J connectivity index is 1.58. The Bertz CT molecular complexity index is 541. The summed E-state index contributed by atoms with van der Waals surface area (Å²) in [6, 6.07) is 3.93. The predicted octanol–water partition coefficient (Wildman–Crippen LogP) is 1.28. The number of rotatable bonds is 3. The fourth-order valence-electron chi connectivity index (χ4n) is 3.27. The second kappa shape index (κ2) is 6.52. The molecule has 2 aliphatic heterocycles. The number of likely N-dealkylation sites (tertiary alicyclic amines) is 1. The molecule has 1 atom stereocenters. The second-order valence-electron chi connectivity index (χ2n) is 6.08. The Kier molecular flexibility index (Phi) is 4.47. The molecule has 6 heteroatoms. The number of aromatic nitrogens is 1. The van der Waals surface area contributed by atoms with E-state index in [2.05, 4.69) is 20.2 Å². The van der Waals surface area contributed by atoms with E-state index in [0.717, 1.165) is 37.8 Å². The van der Waals surface area contributed by atoms with E-state index in [-0.39, 0.29) is 0 Å². The summed E-state index contributed by atoms with van der Waals surface area (Å²) in [6.07, 6.45) is 4.12. The Labute approximate surface area is 131 Å². The van der Waals surface area contributed by atoms with Gasteiger partial charge in [-0.15, -0.1) is 0 Å². The van der Waals surface area contributed by atoms with E-state index in [1.165, 1.54) is 12.8 Å². The Hall–Kier alpha value is -1.82. The van der Waals surface area contributed by atoms with Gasteiger partial charge in [0, 0.05) is 51.0 Å². The van der Waals surface area contributed by atoms with Crippen LogP contribution in [0.5, 0.6) is 5.88 Å². The zero-order valence-electron chi connectivity index (χ0n) is 13.3. The van der Waals surface area contributed by atoms with E-state index >= 15 is 0 Å². The van der Waals surface area contributed by atoms with E-state index in [1.807, 2.05) is 19.2 Å². The number of guanidine groups is 1. The monoisotopic (exact) mass is 304 g/mol. The molecule has 0 amide bonds. The SMILES string of the molecule is CN=C(NCc1ccnc(OC)c1)N1CCC2(CCOC2)C1. The average molecular weight is 304 g/mol. The number of nitrogens with zero attached hydrogens (tertiary/aromatic N) is 3. The second-order valence-corrected chi connectivity index (χ2v) is 6.08. The van der Waals surface area contributed by atoms with Gasteiger partial charge in [-0.25, -0.2) is 4.98 Å². The summed E-state index contributed by atoms with van der Waals surface area (Å²) in [4.78, 5) is 10.9. The van der Waals surface area contributed by atoms with Gasteiger partial charge in [0.2, 0.25) is 5.88 Å². The normalized spacial score (nSPS) is 25.0. The highest BCUT2D eigenvalue weighted by Crippen LogP contribution is 2.38. The number of hydrogen-bond acceptors (Lipinski definition) is 4. The Morgan fingerprint density at radius 2 is 2.45 bits per heavy atom. The van der Waals surface area contributed by atoms with E-state index in [0.29, 0.717) is 17.8 Å². The first-order chi connectivity index (χ1) is 10.7. The van der Waals surface area contributed by atoms with E-state index in [9.17, 15) is 0 Å². The first-order valence-electron chi connectivity index (χ1n) is 7.77. The molecule has 2 saturated heterocycles. The van der Waals surface area contributed by atoms with Crippen molar-refractivity contribution in [1.29, 1.82) is 0 Å². The summed E-state index contributed by atoms with van der Waals surface area (Å²) in [5.41, 5.74) is 1.48. The molecule has 0 bridgehead atoms. The molecule has 1 spiro atoms. The van der Waals surface area contributed by atoms with Crippen LogP contribution in [0.4, 0.5) is 0 Å². The predicted molar refractivity (Wildman–Crippen MR) is 85.0 cm³/mol. The highest BCUT2D eigenvalue weighted by Gasteiger charge is 2.42. The minimum atomic E-state index is 0.345. The molecule has 22 heavy (non-hydrogen) atoms. The maximum atomic E-state index is 5.59. The van der Waals surface area contributed by atoms with Crippen molar-refractivity contribution in [3.63, 3.8) is 0 Å². The lowest BCUT2D eigenvalue weighted by atomic mass is 9.87. The van der Waals surface area contributed by atoms with Crippen molar-refractivity contribution in [2.24, 2.45) is 10.4 Å². The molecule has 0 saturated carbocycles. The van der Waals surface area contributed by atoms with Gasteiger partial charge in [-0.1, -0.05) is 0 Å². The summed E-state index contributed by atoms with van der Waals surface area (Å²) >= 11 is 0. The largest absolute Gasteiger partial charge is 0.481 e. The van der Waals surface area contributed by atoms with Gasteiger partial charge in [0.25, 0.3) is 0 Å². The first kappa shape index (κ1) is 15.1. The van der Waals surface area contributed by atoms with Gasteiger partial charge >= 0.3 is 0 Å². The summed E-state index contributed by atoms with van der Waals surface area (Å²) in [7, 11) is 3.47. The minimum absolute atomic E-state index is 0.345. The average Bonchev–Trinajstić information content (AvgIpc) is 3.19. The van der Waals surface area contributed by atoms with Crippen molar-refractivity contribution < 1.29 is 9.47 Å². The van der Waals surface area contributed by atoms with Gasteiger partial charge in [0.15, 0.2) is 5.96 Å². The van der Waals surface area contributed by atoms with Gasteiger partial charge in [-0.2, -0.15) is 0 Å². The Morgan fingerprint density at radius 3 is 3.18 bits per heavy atom. The quantitative estimate of drug-likeness (QED) is 0.673. The van der Waals surface area contributed by atoms with Crippen LogP contribution in [0.2, 0.25) is 0 Å². The molecule has 120 valence electrons. The van der Waals surface area contributed by atoms with Crippen molar-refractivity contribution in [2.45, 2.75) is 19.4 Å². The van der Waals surface area contributed by atoms with Crippen molar-refractivity contribution >= 4 is 5.96 Å². The smallest absolute Gasteiger partial charge is 0.213 e. The molecule has 1 aromatic heterocycles. The van der Waals surface area contributed by atoms with Crippen LogP contribution in [-0.2, 0) is 11.3 Å². The molecule has 1 unspecified atom stereocenters. The number of methoxy groups -OCH3 is 1. The van der Waals surface area contributed by atoms with Crippen LogP contribution in [0.1, 0.15) is 18.4 Å². The van der Waals surface area contributed by atoms with Crippen LogP contribution in [0, 0.1) is 5.41 Å². The first-order valence-corrected chi connectivity index (χ1v) is 7.77. The van der Waals surface area contributed by atoms with Crippen LogP contribution in [0.15, 0.2) is 23.3 Å². The molecule has 0 aliphatic carbocycles. The summed E-state index contributed by atoms with van der Waals surface area (Å²) in [5.74, 6) is 1.59. The lowest BCUT2D eigenvalue weighted by molar-refractivity contribution is 0.156. The molecule has 3 heterocycles. The van der Waals surface area contributed by atoms with Gasteiger partial charge in [-0.3, -0.25) is 4.99 Å². The standard InChI is InChI=1S/C16H24N4O2/c1-17-15(19-10-13-3-6-18-14(9-13)21-2)20-7-4-16(11-20)5-8-22-12-16/h3,6,9H,4-5,7-8,10-12H2,1-2H3,(H,17,19). The van der Waals surface area contributed by atoms with Crippen LogP contribution < -0.4 is 10.1 Å². The highest BCUT2D eigenvalue weighted by atomic mass is 16.5. The molecular formula is C16H24N4O2. The van der Waals surface area contributed by atoms with Gasteiger partial charge in [0.05, 0.1) is 13.7 Å². The topological polar surface area (TPSA) is 59.0 Å². The van der Waals surface area contributed by atoms with E-state index in [4.69, 9.17) is 9.47 Å². The van der Waals surface area contributed by atoms with Crippen molar-refractivity contribution in [1.82, 2.24) is 15.2 Å². The van der Waals surface area contributed by atoms with Crippen LogP contribution in [0.25, 0.3) is 0 Å². The third-order valence-corrected chi connectivity index (χ3v) is 4.59. The molecule has 0 radical (unpaired) electrons. The number of ether oxygens (including phenoxy) is 2. The fourth-order valence-corrected chi connectivity index (χ4v) is 3.27. The van der Waals surface area contributed by atoms with E-state index in [1.54, 1.807) is 13.3 Å². The Morgan fingerprint density at radius 1 is 1.55 bits per heavy atom. The minimum Gasteiger partial charge on any atom is -0.481 e. The molecule has 1 N–H and O–H groups in total. The maximum Gasteiger partial charge on any atom is 0.213 e. The molecule has 2 aliphatic rings. The maximum absolute atomic E-state index is 5.59. The molecular weight excluding hydrogens is 280 g/mol. The third kappa shape index (κ3) is 3.16. The summed E-state index contributed by atoms with van der Waals surface area (Å²) in [6.45, 7) is 4.58. The van der Waals surface area contributed by atoms with Gasteiger partial charge in [-0.05, 0) is 24.5 Å². The molecule has 3 rings (SSSR count). The summed E-state index contributed by atoms with van der Waals surface area (Å²) < 4.78 is 10.7. The van der Waals surface area contributed by atoms with E-state index < -0.39 is 0 Å². The van der Waals surface area contributed by atoms with Crippen LogP contribution >= 0.6 is 0 Å². The third-order valence-electron chi connectivity index (χ3n) is 4.59. The zero-order valence-corrected chi connectivity index (χ0v) is 13.3. The molecule has 6 nitrogen and oxygen atoms in total. The molecule has 0 aromatic carbocycles. The van der Waals surface area contributed by atoms with Crippen molar-refractivity contribution in [2.75, 3.05) is 40.5 Å². The van der Waals surface area contributed by atoms with Crippen molar-refractivity contribution in [3.05, 3.63) is 23.9 Å². The highest BCUT2D eigenvalue weighted by molar-refractivity contribution is 5.80. The molecule has 2 fully saturated rings. The summed E-state index contributed by atoms with van der Waals surface area (Å²) in [5, 5.41) is 3.44. The number of hydrogen-bond donors (Lipinski definition) is 1.